The van der Waals surface area contributed by atoms with E-state index in [1.165, 1.54) is 0 Å². The van der Waals surface area contributed by atoms with Crippen LogP contribution in [0.1, 0.15) is 18.9 Å². The van der Waals surface area contributed by atoms with Crippen LogP contribution in [0.4, 0.5) is 5.69 Å². The molecule has 0 radical (unpaired) electrons. The van der Waals surface area contributed by atoms with E-state index in [1.807, 2.05) is 13.0 Å². The molecule has 126 valence electrons. The Hall–Kier alpha value is -1.97. The highest BCUT2D eigenvalue weighted by Gasteiger charge is 2.12. The predicted octanol–water partition coefficient (Wildman–Crippen LogP) is 2.10. The summed E-state index contributed by atoms with van der Waals surface area (Å²) in [7, 11) is 1.61. The van der Waals surface area contributed by atoms with Crippen molar-refractivity contribution in [1.82, 2.24) is 4.90 Å². The second-order valence-electron chi connectivity index (χ2n) is 5.35. The first-order valence-electron chi connectivity index (χ1n) is 8.07. The van der Waals surface area contributed by atoms with E-state index in [0.717, 1.165) is 51.5 Å². The van der Waals surface area contributed by atoms with E-state index in [1.54, 1.807) is 13.2 Å². The molecule has 23 heavy (non-hydrogen) atoms. The van der Waals surface area contributed by atoms with Crippen molar-refractivity contribution in [2.75, 3.05) is 58.4 Å². The lowest BCUT2D eigenvalue weighted by Crippen LogP contribution is -2.37. The Kier molecular flexibility index (Phi) is 6.98. The lowest BCUT2D eigenvalue weighted by Gasteiger charge is -2.26. The fourth-order valence-corrected chi connectivity index (χ4v) is 2.56. The molecule has 1 heterocycles. The quantitative estimate of drug-likeness (QED) is 0.740. The summed E-state index contributed by atoms with van der Waals surface area (Å²) < 4.78 is 16.5. The normalized spacial score (nSPS) is 15.0. The van der Waals surface area contributed by atoms with Gasteiger partial charge in [-0.3, -0.25) is 4.90 Å². The van der Waals surface area contributed by atoms with Crippen LogP contribution in [-0.2, 0) is 4.74 Å². The molecule has 0 bridgehead atoms. The van der Waals surface area contributed by atoms with Crippen LogP contribution in [0.25, 0.3) is 0 Å². The Morgan fingerprint density at radius 1 is 1.30 bits per heavy atom. The topological polar surface area (TPSA) is 66.8 Å². The minimum absolute atomic E-state index is 0.566. The van der Waals surface area contributed by atoms with Crippen LogP contribution in [-0.4, -0.2) is 58.0 Å². The van der Waals surface area contributed by atoms with Gasteiger partial charge in [-0.15, -0.1) is 0 Å². The summed E-state index contributed by atoms with van der Waals surface area (Å²) in [4.78, 5) is 2.37. The number of morpholine rings is 1. The van der Waals surface area contributed by atoms with Crippen molar-refractivity contribution in [3.05, 3.63) is 17.7 Å². The van der Waals surface area contributed by atoms with Gasteiger partial charge in [0.2, 0.25) is 0 Å². The number of anilines is 1. The zero-order chi connectivity index (χ0) is 16.5. The summed E-state index contributed by atoms with van der Waals surface area (Å²) in [6.07, 6.45) is 0.931. The zero-order valence-electron chi connectivity index (χ0n) is 13.9. The molecular weight excluding hydrogens is 294 g/mol. The van der Waals surface area contributed by atoms with Crippen molar-refractivity contribution in [3.63, 3.8) is 0 Å². The van der Waals surface area contributed by atoms with Gasteiger partial charge in [0.05, 0.1) is 38.2 Å². The molecule has 2 rings (SSSR count). The Morgan fingerprint density at radius 3 is 2.74 bits per heavy atom. The van der Waals surface area contributed by atoms with Gasteiger partial charge in [-0.2, -0.15) is 5.26 Å². The van der Waals surface area contributed by atoms with Crippen LogP contribution >= 0.6 is 0 Å². The molecule has 1 aromatic carbocycles. The van der Waals surface area contributed by atoms with Crippen molar-refractivity contribution in [2.45, 2.75) is 13.3 Å². The third kappa shape index (κ3) is 5.02. The Morgan fingerprint density at radius 2 is 2.09 bits per heavy atom. The van der Waals surface area contributed by atoms with Crippen molar-refractivity contribution in [1.29, 1.82) is 5.26 Å². The van der Waals surface area contributed by atoms with Crippen molar-refractivity contribution in [2.24, 2.45) is 0 Å². The molecule has 0 unspecified atom stereocenters. The molecule has 0 aliphatic carbocycles. The number of ether oxygens (including phenoxy) is 3. The second-order valence-corrected chi connectivity index (χ2v) is 5.35. The number of hydrogen-bond donors (Lipinski definition) is 1. The number of nitrogens with one attached hydrogen (secondary N) is 1. The summed E-state index contributed by atoms with van der Waals surface area (Å²) in [6.45, 7) is 7.92. The summed E-state index contributed by atoms with van der Waals surface area (Å²) in [5.74, 6) is 1.26. The molecular formula is C17H25N3O3. The van der Waals surface area contributed by atoms with E-state index in [-0.39, 0.29) is 0 Å². The molecule has 1 aliphatic rings. The Labute approximate surface area is 137 Å². The average Bonchev–Trinajstić information content (AvgIpc) is 2.60. The zero-order valence-corrected chi connectivity index (χ0v) is 13.9. The average molecular weight is 319 g/mol. The molecule has 1 N–H and O–H groups in total. The summed E-state index contributed by atoms with van der Waals surface area (Å²) >= 11 is 0. The monoisotopic (exact) mass is 319 g/mol. The van der Waals surface area contributed by atoms with E-state index in [4.69, 9.17) is 14.2 Å². The van der Waals surface area contributed by atoms with E-state index in [2.05, 4.69) is 16.3 Å². The first kappa shape index (κ1) is 17.4. The minimum Gasteiger partial charge on any atom is -0.493 e. The van der Waals surface area contributed by atoms with Crippen molar-refractivity contribution >= 4 is 5.69 Å². The second kappa shape index (κ2) is 9.23. The third-order valence-corrected chi connectivity index (χ3v) is 3.77. The van der Waals surface area contributed by atoms with Gasteiger partial charge < -0.3 is 19.5 Å². The third-order valence-electron chi connectivity index (χ3n) is 3.77. The molecule has 0 amide bonds. The summed E-state index contributed by atoms with van der Waals surface area (Å²) in [5, 5.41) is 12.4. The summed E-state index contributed by atoms with van der Waals surface area (Å²) in [6, 6.07) is 5.75. The number of hydrogen-bond acceptors (Lipinski definition) is 6. The fraction of sp³-hybridized carbons (Fsp3) is 0.588. The van der Waals surface area contributed by atoms with Gasteiger partial charge in [0.25, 0.3) is 0 Å². The molecule has 0 saturated carbocycles. The van der Waals surface area contributed by atoms with E-state index in [9.17, 15) is 5.26 Å². The van der Waals surface area contributed by atoms with Gasteiger partial charge in [0.15, 0.2) is 11.5 Å². The van der Waals surface area contributed by atoms with Crippen LogP contribution in [0.3, 0.4) is 0 Å². The molecule has 0 atom stereocenters. The standard InChI is InChI=1S/C17H25N3O3/c1-3-19-15-12-16(21-2)17(11-14(15)13-18)23-8-4-5-20-6-9-22-10-7-20/h11-12,19H,3-10H2,1-2H3. The van der Waals surface area contributed by atoms with Crippen LogP contribution in [0.5, 0.6) is 11.5 Å². The lowest BCUT2D eigenvalue weighted by atomic mass is 10.1. The van der Waals surface area contributed by atoms with Crippen LogP contribution < -0.4 is 14.8 Å². The Balaban J connectivity index is 1.91. The number of nitrogens with zero attached hydrogens (tertiary/aromatic N) is 2. The van der Waals surface area contributed by atoms with E-state index < -0.39 is 0 Å². The number of methoxy groups -OCH3 is 1. The molecule has 6 nitrogen and oxygen atoms in total. The number of rotatable bonds is 8. The smallest absolute Gasteiger partial charge is 0.162 e. The van der Waals surface area contributed by atoms with Gasteiger partial charge in [-0.05, 0) is 13.3 Å². The highest BCUT2D eigenvalue weighted by molar-refractivity contribution is 5.64. The largest absolute Gasteiger partial charge is 0.493 e. The van der Waals surface area contributed by atoms with Crippen LogP contribution in [0, 0.1) is 11.3 Å². The van der Waals surface area contributed by atoms with Crippen LogP contribution in [0.2, 0.25) is 0 Å². The maximum Gasteiger partial charge on any atom is 0.162 e. The van der Waals surface area contributed by atoms with Gasteiger partial charge in [0.1, 0.15) is 6.07 Å². The van der Waals surface area contributed by atoms with Crippen molar-refractivity contribution < 1.29 is 14.2 Å². The molecule has 0 spiro atoms. The molecule has 0 aromatic heterocycles. The minimum atomic E-state index is 0.566. The Bertz CT molecular complexity index is 537. The van der Waals surface area contributed by atoms with Gasteiger partial charge in [0, 0.05) is 38.3 Å². The first-order chi connectivity index (χ1) is 11.3. The highest BCUT2D eigenvalue weighted by atomic mass is 16.5. The molecule has 1 saturated heterocycles. The molecule has 1 aliphatic heterocycles. The maximum atomic E-state index is 9.27. The summed E-state index contributed by atoms with van der Waals surface area (Å²) in [5.41, 5.74) is 1.34. The predicted molar refractivity (Wildman–Crippen MR) is 89.2 cm³/mol. The van der Waals surface area contributed by atoms with Crippen LogP contribution in [0.15, 0.2) is 12.1 Å². The lowest BCUT2D eigenvalue weighted by molar-refractivity contribution is 0.0357. The molecule has 1 aromatic rings. The van der Waals surface area contributed by atoms with E-state index >= 15 is 0 Å². The van der Waals surface area contributed by atoms with E-state index in [0.29, 0.717) is 23.7 Å². The fourth-order valence-electron chi connectivity index (χ4n) is 2.56. The number of nitriles is 1. The molecule has 1 fully saturated rings. The SMILES string of the molecule is CCNc1cc(OC)c(OCCCN2CCOCC2)cc1C#N. The highest BCUT2D eigenvalue weighted by Crippen LogP contribution is 2.33. The van der Waals surface area contributed by atoms with Gasteiger partial charge >= 0.3 is 0 Å². The van der Waals surface area contributed by atoms with Gasteiger partial charge in [-0.25, -0.2) is 0 Å². The van der Waals surface area contributed by atoms with Gasteiger partial charge in [-0.1, -0.05) is 0 Å². The molecule has 6 heteroatoms. The number of benzene rings is 1. The first-order valence-corrected chi connectivity index (χ1v) is 8.07. The van der Waals surface area contributed by atoms with Crippen molar-refractivity contribution in [3.8, 4) is 17.6 Å². The maximum absolute atomic E-state index is 9.27.